The van der Waals surface area contributed by atoms with Crippen LogP contribution in [0.3, 0.4) is 0 Å². The molecule has 0 saturated heterocycles. The number of thioether (sulfide) groups is 1. The van der Waals surface area contributed by atoms with Crippen molar-refractivity contribution in [3.8, 4) is 0 Å². The van der Waals surface area contributed by atoms with Gasteiger partial charge in [0.2, 0.25) is 10.0 Å². The minimum absolute atomic E-state index is 0.238. The van der Waals surface area contributed by atoms with Gasteiger partial charge in [0, 0.05) is 11.8 Å². The van der Waals surface area contributed by atoms with Crippen molar-refractivity contribution in [2.45, 2.75) is 31.4 Å². The molecule has 0 heterocycles. The Bertz CT molecular complexity index is 256. The first-order valence-corrected chi connectivity index (χ1v) is 8.60. The van der Waals surface area contributed by atoms with E-state index in [0.29, 0.717) is 18.2 Å². The van der Waals surface area contributed by atoms with Gasteiger partial charge in [0.1, 0.15) is 0 Å². The highest BCUT2D eigenvalue weighted by molar-refractivity contribution is 7.99. The molecule has 6 heteroatoms. The summed E-state index contributed by atoms with van der Waals surface area (Å²) >= 11 is 1.76. The van der Waals surface area contributed by atoms with Crippen molar-refractivity contribution in [3.05, 3.63) is 0 Å². The predicted molar refractivity (Wildman–Crippen MR) is 72.5 cm³/mol. The van der Waals surface area contributed by atoms with Crippen LogP contribution in [0.4, 0.5) is 0 Å². The third-order valence-corrected chi connectivity index (χ3v) is 4.88. The molecule has 0 rings (SSSR count). The third-order valence-electron chi connectivity index (χ3n) is 2.37. The lowest BCUT2D eigenvalue weighted by atomic mass is 10.3. The Morgan fingerprint density at radius 3 is 2.50 bits per heavy atom. The van der Waals surface area contributed by atoms with E-state index in [9.17, 15) is 8.42 Å². The summed E-state index contributed by atoms with van der Waals surface area (Å²) in [6.07, 6.45) is 4.54. The van der Waals surface area contributed by atoms with Crippen molar-refractivity contribution in [2.24, 2.45) is 0 Å². The lowest BCUT2D eigenvalue weighted by molar-refractivity contribution is 0.573. The fourth-order valence-electron chi connectivity index (χ4n) is 1.20. The highest BCUT2D eigenvalue weighted by atomic mass is 32.2. The number of hydrogen-bond donors (Lipinski definition) is 2. The monoisotopic (exact) mass is 268 g/mol. The second-order valence-corrected chi connectivity index (χ2v) is 7.06. The van der Waals surface area contributed by atoms with Crippen LogP contribution in [0.25, 0.3) is 0 Å². The lowest BCUT2D eigenvalue weighted by Crippen LogP contribution is -2.28. The fourth-order valence-corrected chi connectivity index (χ4v) is 2.71. The molecule has 0 aliphatic rings. The maximum Gasteiger partial charge on any atom is 0.211 e. The molecule has 0 aromatic carbocycles. The molecule has 0 fully saturated rings. The molecule has 1 atom stereocenters. The summed E-state index contributed by atoms with van der Waals surface area (Å²) in [6, 6.07) is 0. The molecule has 0 radical (unpaired) electrons. The fraction of sp³-hybridized carbons (Fsp3) is 1.00. The van der Waals surface area contributed by atoms with Crippen LogP contribution in [0.2, 0.25) is 0 Å². The number of rotatable bonds is 10. The standard InChI is InChI=1S/C10H24N2O2S2/c1-10(15-3)6-8-12-16(13,14)9-5-4-7-11-2/h10-12H,4-9H2,1-3H3. The van der Waals surface area contributed by atoms with Crippen LogP contribution in [-0.2, 0) is 10.0 Å². The molecular weight excluding hydrogens is 244 g/mol. The zero-order valence-corrected chi connectivity index (χ0v) is 12.1. The van der Waals surface area contributed by atoms with E-state index in [0.717, 1.165) is 19.4 Å². The van der Waals surface area contributed by atoms with Crippen LogP contribution >= 0.6 is 11.8 Å². The molecule has 0 aromatic heterocycles. The summed E-state index contributed by atoms with van der Waals surface area (Å²) in [7, 11) is -1.18. The van der Waals surface area contributed by atoms with Gasteiger partial charge in [-0.3, -0.25) is 0 Å². The quantitative estimate of drug-likeness (QED) is 0.581. The summed E-state index contributed by atoms with van der Waals surface area (Å²) in [6.45, 7) is 3.53. The first kappa shape index (κ1) is 16.2. The molecule has 2 N–H and O–H groups in total. The molecule has 4 nitrogen and oxygen atoms in total. The van der Waals surface area contributed by atoms with E-state index in [1.165, 1.54) is 0 Å². The minimum atomic E-state index is -3.05. The van der Waals surface area contributed by atoms with Crippen LogP contribution in [0.1, 0.15) is 26.2 Å². The van der Waals surface area contributed by atoms with E-state index >= 15 is 0 Å². The second-order valence-electron chi connectivity index (χ2n) is 3.86. The Morgan fingerprint density at radius 2 is 1.94 bits per heavy atom. The zero-order chi connectivity index (χ0) is 12.4. The van der Waals surface area contributed by atoms with Crippen LogP contribution in [0.5, 0.6) is 0 Å². The van der Waals surface area contributed by atoms with E-state index in [1.807, 2.05) is 13.3 Å². The third kappa shape index (κ3) is 9.45. The topological polar surface area (TPSA) is 58.2 Å². The zero-order valence-electron chi connectivity index (χ0n) is 10.5. The number of hydrogen-bond acceptors (Lipinski definition) is 4. The maximum atomic E-state index is 11.5. The number of nitrogens with one attached hydrogen (secondary N) is 2. The van der Waals surface area contributed by atoms with Gasteiger partial charge in [0.15, 0.2) is 0 Å². The summed E-state index contributed by atoms with van der Waals surface area (Å²) < 4.78 is 25.7. The number of unbranched alkanes of at least 4 members (excludes halogenated alkanes) is 1. The molecule has 0 aromatic rings. The van der Waals surface area contributed by atoms with Crippen LogP contribution in [0.15, 0.2) is 0 Å². The van der Waals surface area contributed by atoms with Crippen LogP contribution in [0, 0.1) is 0 Å². The first-order chi connectivity index (χ1) is 7.52. The van der Waals surface area contributed by atoms with Crippen molar-refractivity contribution >= 4 is 21.8 Å². The van der Waals surface area contributed by atoms with Gasteiger partial charge in [-0.2, -0.15) is 11.8 Å². The predicted octanol–water partition coefficient (Wildman–Crippen LogP) is 1.05. The molecule has 1 unspecified atom stereocenters. The molecule has 0 aliphatic heterocycles. The van der Waals surface area contributed by atoms with Gasteiger partial charge in [-0.25, -0.2) is 13.1 Å². The second kappa shape index (κ2) is 9.27. The summed E-state index contributed by atoms with van der Waals surface area (Å²) in [5, 5.41) is 3.51. The SMILES string of the molecule is CNCCCCS(=O)(=O)NCCC(C)SC. The first-order valence-electron chi connectivity index (χ1n) is 5.66. The highest BCUT2D eigenvalue weighted by Gasteiger charge is 2.09. The Morgan fingerprint density at radius 1 is 1.25 bits per heavy atom. The molecule has 0 aliphatic carbocycles. The maximum absolute atomic E-state index is 11.5. The van der Waals surface area contributed by atoms with Crippen molar-refractivity contribution in [1.29, 1.82) is 0 Å². The Hall–Kier alpha value is 0.220. The summed E-state index contributed by atoms with van der Waals surface area (Å²) in [5.74, 6) is 0.238. The number of sulfonamides is 1. The molecule has 0 saturated carbocycles. The van der Waals surface area contributed by atoms with Gasteiger partial charge < -0.3 is 5.32 Å². The Kier molecular flexibility index (Phi) is 9.40. The van der Waals surface area contributed by atoms with E-state index in [1.54, 1.807) is 11.8 Å². The normalized spacial score (nSPS) is 13.9. The van der Waals surface area contributed by atoms with E-state index in [-0.39, 0.29) is 5.75 Å². The highest BCUT2D eigenvalue weighted by Crippen LogP contribution is 2.08. The van der Waals surface area contributed by atoms with Crippen molar-refractivity contribution in [3.63, 3.8) is 0 Å². The molecule has 0 spiro atoms. The van der Waals surface area contributed by atoms with Crippen molar-refractivity contribution < 1.29 is 8.42 Å². The van der Waals surface area contributed by atoms with E-state index < -0.39 is 10.0 Å². The average Bonchev–Trinajstić information content (AvgIpc) is 2.24. The molecular formula is C10H24N2O2S2. The van der Waals surface area contributed by atoms with Crippen molar-refractivity contribution in [1.82, 2.24) is 10.0 Å². The smallest absolute Gasteiger partial charge is 0.211 e. The largest absolute Gasteiger partial charge is 0.320 e. The molecule has 16 heavy (non-hydrogen) atoms. The van der Waals surface area contributed by atoms with E-state index in [4.69, 9.17) is 0 Å². The summed E-state index contributed by atoms with van der Waals surface area (Å²) in [5.41, 5.74) is 0. The van der Waals surface area contributed by atoms with Gasteiger partial charge in [-0.05, 0) is 39.1 Å². The lowest BCUT2D eigenvalue weighted by Gasteiger charge is -2.09. The molecule has 98 valence electrons. The van der Waals surface area contributed by atoms with Gasteiger partial charge >= 0.3 is 0 Å². The van der Waals surface area contributed by atoms with Crippen LogP contribution in [-0.4, -0.2) is 45.8 Å². The van der Waals surface area contributed by atoms with Gasteiger partial charge in [-0.15, -0.1) is 0 Å². The van der Waals surface area contributed by atoms with Gasteiger partial charge in [-0.1, -0.05) is 6.92 Å². The van der Waals surface area contributed by atoms with Crippen molar-refractivity contribution in [2.75, 3.05) is 32.1 Å². The molecule has 0 bridgehead atoms. The Balaban J connectivity index is 3.62. The Labute approximate surface area is 104 Å². The minimum Gasteiger partial charge on any atom is -0.320 e. The van der Waals surface area contributed by atoms with Gasteiger partial charge in [0.05, 0.1) is 5.75 Å². The molecule has 0 amide bonds. The van der Waals surface area contributed by atoms with Gasteiger partial charge in [0.25, 0.3) is 0 Å². The average molecular weight is 268 g/mol. The van der Waals surface area contributed by atoms with Crippen LogP contribution < -0.4 is 10.0 Å². The summed E-state index contributed by atoms with van der Waals surface area (Å²) in [4.78, 5) is 0. The van der Waals surface area contributed by atoms with E-state index in [2.05, 4.69) is 17.0 Å².